The van der Waals surface area contributed by atoms with Gasteiger partial charge in [0.05, 0.1) is 11.9 Å². The third-order valence-corrected chi connectivity index (χ3v) is 5.50. The molecule has 5 heteroatoms. The Balaban J connectivity index is 1.92. The minimum Gasteiger partial charge on any atom is -0.273 e. The van der Waals surface area contributed by atoms with Crippen LogP contribution in [0.5, 0.6) is 0 Å². The molecule has 0 spiro atoms. The van der Waals surface area contributed by atoms with Crippen LogP contribution in [0, 0.1) is 5.92 Å². The predicted molar refractivity (Wildman–Crippen MR) is 96.2 cm³/mol. The molecule has 3 rings (SSSR count). The number of sulfonamides is 1. The first-order valence-electron chi connectivity index (χ1n) is 8.16. The van der Waals surface area contributed by atoms with Crippen LogP contribution in [0.15, 0.2) is 54.6 Å². The molecular formula is C19H21NO3S. The molecule has 1 amide bonds. The molecule has 0 unspecified atom stereocenters. The maximum absolute atomic E-state index is 12.7. The Morgan fingerprint density at radius 1 is 0.917 bits per heavy atom. The second kappa shape index (κ2) is 6.77. The average Bonchev–Trinajstić information content (AvgIpc) is 3.10. The number of amides is 1. The lowest BCUT2D eigenvalue weighted by atomic mass is 10.0. The molecule has 0 N–H and O–H groups in total. The van der Waals surface area contributed by atoms with Crippen LogP contribution in [0.1, 0.15) is 25.7 Å². The summed E-state index contributed by atoms with van der Waals surface area (Å²) in [5.41, 5.74) is 2.45. The highest BCUT2D eigenvalue weighted by Crippen LogP contribution is 2.31. The summed E-state index contributed by atoms with van der Waals surface area (Å²) in [4.78, 5) is 12.7. The van der Waals surface area contributed by atoms with E-state index in [0.717, 1.165) is 47.4 Å². The number of carbonyl (C=O) groups is 1. The van der Waals surface area contributed by atoms with Gasteiger partial charge in [-0.3, -0.25) is 4.79 Å². The van der Waals surface area contributed by atoms with Gasteiger partial charge in [-0.25, -0.2) is 12.7 Å². The lowest BCUT2D eigenvalue weighted by Gasteiger charge is -2.23. The molecule has 0 atom stereocenters. The highest BCUT2D eigenvalue weighted by atomic mass is 32.2. The molecule has 126 valence electrons. The fourth-order valence-electron chi connectivity index (χ4n) is 3.24. The van der Waals surface area contributed by atoms with Crippen LogP contribution in [-0.2, 0) is 14.8 Å². The van der Waals surface area contributed by atoms with E-state index >= 15 is 0 Å². The molecule has 2 aromatic rings. The second-order valence-corrected chi connectivity index (χ2v) is 8.09. The Hall–Kier alpha value is -2.14. The fraction of sp³-hybridized carbons (Fsp3) is 0.316. The zero-order valence-corrected chi connectivity index (χ0v) is 14.5. The van der Waals surface area contributed by atoms with Crippen LogP contribution >= 0.6 is 0 Å². The molecule has 1 saturated carbocycles. The Bertz CT molecular complexity index is 807. The summed E-state index contributed by atoms with van der Waals surface area (Å²) in [6.45, 7) is 0. The lowest BCUT2D eigenvalue weighted by molar-refractivity contribution is -0.120. The van der Waals surface area contributed by atoms with Gasteiger partial charge in [0.15, 0.2) is 0 Å². The Morgan fingerprint density at radius 3 is 2.00 bits per heavy atom. The third kappa shape index (κ3) is 3.51. The van der Waals surface area contributed by atoms with Crippen molar-refractivity contribution in [3.8, 4) is 11.1 Å². The molecule has 24 heavy (non-hydrogen) atoms. The van der Waals surface area contributed by atoms with Crippen LogP contribution in [0.25, 0.3) is 11.1 Å². The van der Waals surface area contributed by atoms with Gasteiger partial charge in [0.2, 0.25) is 15.9 Å². The predicted octanol–water partition coefficient (Wildman–Crippen LogP) is 3.84. The molecule has 4 nitrogen and oxygen atoms in total. The molecule has 0 aromatic heterocycles. The molecular weight excluding hydrogens is 322 g/mol. The van der Waals surface area contributed by atoms with Crippen molar-refractivity contribution < 1.29 is 13.2 Å². The van der Waals surface area contributed by atoms with Crippen molar-refractivity contribution in [2.24, 2.45) is 5.92 Å². The smallest absolute Gasteiger partial charge is 0.243 e. The van der Waals surface area contributed by atoms with Gasteiger partial charge in [-0.15, -0.1) is 0 Å². The van der Waals surface area contributed by atoms with E-state index in [1.54, 1.807) is 12.1 Å². The minimum absolute atomic E-state index is 0.187. The maximum Gasteiger partial charge on any atom is 0.243 e. The quantitative estimate of drug-likeness (QED) is 0.847. The number of hydrogen-bond acceptors (Lipinski definition) is 3. The summed E-state index contributed by atoms with van der Waals surface area (Å²) in [6, 6.07) is 17.0. The number of carbonyl (C=O) groups excluding carboxylic acids is 1. The SMILES string of the molecule is CS(=O)(=O)N(C(=O)C1CCCC1)c1ccc(-c2ccccc2)cc1. The van der Waals surface area contributed by atoms with E-state index in [0.29, 0.717) is 5.69 Å². The molecule has 0 saturated heterocycles. The first kappa shape index (κ1) is 16.7. The topological polar surface area (TPSA) is 54.5 Å². The summed E-state index contributed by atoms with van der Waals surface area (Å²) in [7, 11) is -3.65. The monoisotopic (exact) mass is 343 g/mol. The number of benzene rings is 2. The molecule has 0 aliphatic heterocycles. The van der Waals surface area contributed by atoms with E-state index in [4.69, 9.17) is 0 Å². The molecule has 1 aliphatic rings. The first-order valence-corrected chi connectivity index (χ1v) is 10.0. The van der Waals surface area contributed by atoms with Crippen LogP contribution in [0.2, 0.25) is 0 Å². The summed E-state index contributed by atoms with van der Waals surface area (Å²) in [6.07, 6.45) is 4.60. The lowest BCUT2D eigenvalue weighted by Crippen LogP contribution is -2.39. The number of nitrogens with zero attached hydrogens (tertiary/aromatic N) is 1. The molecule has 1 aliphatic carbocycles. The van der Waals surface area contributed by atoms with Crippen LogP contribution in [-0.4, -0.2) is 20.6 Å². The van der Waals surface area contributed by atoms with Gasteiger partial charge in [0.25, 0.3) is 0 Å². The fourth-order valence-corrected chi connectivity index (χ4v) is 4.22. The zero-order valence-electron chi connectivity index (χ0n) is 13.7. The van der Waals surface area contributed by atoms with Crippen molar-refractivity contribution in [3.05, 3.63) is 54.6 Å². The van der Waals surface area contributed by atoms with Gasteiger partial charge < -0.3 is 0 Å². The summed E-state index contributed by atoms with van der Waals surface area (Å²) >= 11 is 0. The maximum atomic E-state index is 12.7. The van der Waals surface area contributed by atoms with E-state index < -0.39 is 10.0 Å². The van der Waals surface area contributed by atoms with E-state index in [9.17, 15) is 13.2 Å². The van der Waals surface area contributed by atoms with Crippen molar-refractivity contribution in [2.75, 3.05) is 10.6 Å². The largest absolute Gasteiger partial charge is 0.273 e. The van der Waals surface area contributed by atoms with Crippen molar-refractivity contribution in [2.45, 2.75) is 25.7 Å². The Morgan fingerprint density at radius 2 is 1.46 bits per heavy atom. The standard InChI is InChI=1S/C19H21NO3S/c1-24(22,23)20(19(21)17-9-5-6-10-17)18-13-11-16(12-14-18)15-7-3-2-4-8-15/h2-4,7-8,11-14,17H,5-6,9-10H2,1H3. The molecule has 0 heterocycles. The van der Waals surface area contributed by atoms with Crippen LogP contribution in [0.4, 0.5) is 5.69 Å². The van der Waals surface area contributed by atoms with Gasteiger partial charge in [-0.1, -0.05) is 55.3 Å². The van der Waals surface area contributed by atoms with Crippen molar-refractivity contribution in [1.29, 1.82) is 0 Å². The van der Waals surface area contributed by atoms with Gasteiger partial charge in [0.1, 0.15) is 0 Å². The van der Waals surface area contributed by atoms with E-state index in [2.05, 4.69) is 0 Å². The zero-order chi connectivity index (χ0) is 17.2. The molecule has 1 fully saturated rings. The van der Waals surface area contributed by atoms with Crippen molar-refractivity contribution in [3.63, 3.8) is 0 Å². The average molecular weight is 343 g/mol. The minimum atomic E-state index is -3.65. The van der Waals surface area contributed by atoms with E-state index in [1.165, 1.54) is 0 Å². The normalized spacial score (nSPS) is 15.4. The number of rotatable bonds is 4. The molecule has 0 bridgehead atoms. The van der Waals surface area contributed by atoms with Gasteiger partial charge >= 0.3 is 0 Å². The van der Waals surface area contributed by atoms with Crippen molar-refractivity contribution in [1.82, 2.24) is 0 Å². The second-order valence-electron chi connectivity index (χ2n) is 6.26. The van der Waals surface area contributed by atoms with Crippen molar-refractivity contribution >= 4 is 21.6 Å². The van der Waals surface area contributed by atoms with E-state index in [1.807, 2.05) is 42.5 Å². The highest BCUT2D eigenvalue weighted by Gasteiger charge is 2.33. The van der Waals surface area contributed by atoms with Gasteiger partial charge in [0, 0.05) is 5.92 Å². The number of hydrogen-bond donors (Lipinski definition) is 0. The number of anilines is 1. The highest BCUT2D eigenvalue weighted by molar-refractivity contribution is 7.92. The summed E-state index contributed by atoms with van der Waals surface area (Å²) in [5, 5.41) is 0. The van der Waals surface area contributed by atoms with Gasteiger partial charge in [-0.2, -0.15) is 0 Å². The van der Waals surface area contributed by atoms with Gasteiger partial charge in [-0.05, 0) is 36.1 Å². The third-order valence-electron chi connectivity index (χ3n) is 4.45. The summed E-state index contributed by atoms with van der Waals surface area (Å²) in [5.74, 6) is -0.490. The van der Waals surface area contributed by atoms with Crippen LogP contribution in [0.3, 0.4) is 0 Å². The first-order chi connectivity index (χ1) is 11.5. The Labute approximate surface area is 143 Å². The molecule has 2 aromatic carbocycles. The van der Waals surface area contributed by atoms with Crippen LogP contribution < -0.4 is 4.31 Å². The Kier molecular flexibility index (Phi) is 4.71. The summed E-state index contributed by atoms with van der Waals surface area (Å²) < 4.78 is 25.4. The van der Waals surface area contributed by atoms with E-state index in [-0.39, 0.29) is 11.8 Å². The molecule has 0 radical (unpaired) electrons.